The summed E-state index contributed by atoms with van der Waals surface area (Å²) in [6.45, 7) is 0.638. The Labute approximate surface area is 151 Å². The van der Waals surface area contributed by atoms with E-state index >= 15 is 0 Å². The monoisotopic (exact) mass is 416 g/mol. The highest BCUT2D eigenvalue weighted by Gasteiger charge is 2.12. The van der Waals surface area contributed by atoms with Gasteiger partial charge in [0, 0.05) is 25.8 Å². The summed E-state index contributed by atoms with van der Waals surface area (Å²) < 4.78 is 0. The predicted molar refractivity (Wildman–Crippen MR) is 106 cm³/mol. The Hall–Kier alpha value is -0.980. The average molecular weight is 416 g/mol. The van der Waals surface area contributed by atoms with Crippen molar-refractivity contribution in [1.29, 1.82) is 0 Å². The Morgan fingerprint density at radius 3 is 2.27 bits per heavy atom. The summed E-state index contributed by atoms with van der Waals surface area (Å²) in [7, 11) is 4.09. The molecule has 22 heavy (non-hydrogen) atoms. The Kier molecular flexibility index (Phi) is 8.60. The Morgan fingerprint density at radius 2 is 1.73 bits per heavy atom. The number of aliphatic imine (C=N–C) groups is 1. The second kappa shape index (κ2) is 9.92. The SMILES string of the molecule is CN(C)c1ccc(CN=C(N)NC2CCCCCC2)cc1.I. The molecular weight excluding hydrogens is 387 g/mol. The van der Waals surface area contributed by atoms with Gasteiger partial charge in [0.05, 0.1) is 6.54 Å². The zero-order valence-corrected chi connectivity index (χ0v) is 16.0. The molecule has 0 radical (unpaired) electrons. The van der Waals surface area contributed by atoms with E-state index in [1.165, 1.54) is 49.8 Å². The van der Waals surface area contributed by atoms with Crippen LogP contribution in [-0.4, -0.2) is 26.1 Å². The molecule has 4 nitrogen and oxygen atoms in total. The molecule has 1 aromatic carbocycles. The van der Waals surface area contributed by atoms with Gasteiger partial charge >= 0.3 is 0 Å². The van der Waals surface area contributed by atoms with Crippen LogP contribution in [0.1, 0.15) is 44.1 Å². The summed E-state index contributed by atoms with van der Waals surface area (Å²) in [6.07, 6.45) is 7.75. The number of benzene rings is 1. The average Bonchev–Trinajstić information content (AvgIpc) is 2.74. The molecule has 0 bridgehead atoms. The van der Waals surface area contributed by atoms with Gasteiger partial charge in [0.1, 0.15) is 0 Å². The molecule has 0 atom stereocenters. The first-order valence-corrected chi connectivity index (χ1v) is 7.98. The van der Waals surface area contributed by atoms with Crippen molar-refractivity contribution >= 4 is 35.6 Å². The molecule has 0 heterocycles. The molecule has 2 rings (SSSR count). The lowest BCUT2D eigenvalue weighted by Gasteiger charge is -2.16. The number of nitrogens with two attached hydrogens (primary N) is 1. The van der Waals surface area contributed by atoms with E-state index in [-0.39, 0.29) is 24.0 Å². The van der Waals surface area contributed by atoms with E-state index in [4.69, 9.17) is 5.73 Å². The summed E-state index contributed by atoms with van der Waals surface area (Å²) in [5, 5.41) is 3.38. The number of guanidine groups is 1. The van der Waals surface area contributed by atoms with Crippen molar-refractivity contribution in [2.75, 3.05) is 19.0 Å². The van der Waals surface area contributed by atoms with Crippen LogP contribution in [0, 0.1) is 0 Å². The van der Waals surface area contributed by atoms with E-state index < -0.39 is 0 Å². The Morgan fingerprint density at radius 1 is 1.14 bits per heavy atom. The van der Waals surface area contributed by atoms with Crippen molar-refractivity contribution < 1.29 is 0 Å². The lowest BCUT2D eigenvalue weighted by Crippen LogP contribution is -2.39. The zero-order valence-electron chi connectivity index (χ0n) is 13.7. The van der Waals surface area contributed by atoms with Gasteiger partial charge < -0.3 is 16.0 Å². The summed E-state index contributed by atoms with van der Waals surface area (Å²) in [5.41, 5.74) is 8.40. The first-order valence-electron chi connectivity index (χ1n) is 7.98. The van der Waals surface area contributed by atoms with Crippen molar-refractivity contribution in [3.8, 4) is 0 Å². The van der Waals surface area contributed by atoms with Crippen molar-refractivity contribution in [3.63, 3.8) is 0 Å². The predicted octanol–water partition coefficient (Wildman–Crippen LogP) is 3.50. The molecule has 0 unspecified atom stereocenters. The number of nitrogens with zero attached hydrogens (tertiary/aromatic N) is 2. The molecule has 0 amide bonds. The highest BCUT2D eigenvalue weighted by Crippen LogP contribution is 2.17. The maximum Gasteiger partial charge on any atom is 0.189 e. The van der Waals surface area contributed by atoms with Gasteiger partial charge in [-0.15, -0.1) is 24.0 Å². The number of hydrogen-bond donors (Lipinski definition) is 2. The molecule has 5 heteroatoms. The maximum atomic E-state index is 6.01. The lowest BCUT2D eigenvalue weighted by atomic mass is 10.1. The van der Waals surface area contributed by atoms with Gasteiger partial charge in [-0.3, -0.25) is 0 Å². The van der Waals surface area contributed by atoms with Crippen LogP contribution in [0.3, 0.4) is 0 Å². The van der Waals surface area contributed by atoms with Crippen LogP contribution >= 0.6 is 24.0 Å². The third-order valence-electron chi connectivity index (χ3n) is 4.09. The van der Waals surface area contributed by atoms with Gasteiger partial charge in [0.2, 0.25) is 0 Å². The van der Waals surface area contributed by atoms with E-state index in [0.29, 0.717) is 18.5 Å². The van der Waals surface area contributed by atoms with E-state index in [1.54, 1.807) is 0 Å². The van der Waals surface area contributed by atoms with E-state index in [9.17, 15) is 0 Å². The molecule has 3 N–H and O–H groups in total. The molecule has 124 valence electrons. The van der Waals surface area contributed by atoms with Crippen molar-refractivity contribution in [1.82, 2.24) is 5.32 Å². The molecular formula is C17H29IN4. The largest absolute Gasteiger partial charge is 0.378 e. The van der Waals surface area contributed by atoms with Crippen LogP contribution in [0.15, 0.2) is 29.3 Å². The Bertz CT molecular complexity index is 448. The van der Waals surface area contributed by atoms with Crippen molar-refractivity contribution in [2.45, 2.75) is 51.1 Å². The topological polar surface area (TPSA) is 53.6 Å². The minimum absolute atomic E-state index is 0. The Balaban J connectivity index is 0.00000242. The van der Waals surface area contributed by atoms with Crippen LogP contribution in [0.25, 0.3) is 0 Å². The molecule has 1 aliphatic carbocycles. The fourth-order valence-electron chi connectivity index (χ4n) is 2.75. The smallest absolute Gasteiger partial charge is 0.189 e. The first-order chi connectivity index (χ1) is 10.1. The highest BCUT2D eigenvalue weighted by molar-refractivity contribution is 14.0. The molecule has 1 aromatic rings. The van der Waals surface area contributed by atoms with Gasteiger partial charge in [-0.05, 0) is 30.5 Å². The number of anilines is 1. The van der Waals surface area contributed by atoms with Crippen LogP contribution < -0.4 is 16.0 Å². The summed E-state index contributed by atoms with van der Waals surface area (Å²) in [4.78, 5) is 6.56. The van der Waals surface area contributed by atoms with E-state index in [1.807, 2.05) is 14.1 Å². The standard InChI is InChI=1S/C17H28N4.HI/c1-21(2)16-11-9-14(10-12-16)13-19-17(18)20-15-7-5-3-4-6-8-15;/h9-12,15H,3-8,13H2,1-2H3,(H3,18,19,20);1H. The maximum absolute atomic E-state index is 6.01. The molecule has 0 spiro atoms. The van der Waals surface area contributed by atoms with Gasteiger partial charge in [-0.25, -0.2) is 4.99 Å². The summed E-state index contributed by atoms with van der Waals surface area (Å²) >= 11 is 0. The zero-order chi connectivity index (χ0) is 15.1. The number of rotatable bonds is 4. The van der Waals surface area contributed by atoms with Crippen molar-refractivity contribution in [2.24, 2.45) is 10.7 Å². The molecule has 0 aliphatic heterocycles. The van der Waals surface area contributed by atoms with Crippen LogP contribution in [0.5, 0.6) is 0 Å². The van der Waals surface area contributed by atoms with Gasteiger partial charge in [0.15, 0.2) is 5.96 Å². The quantitative estimate of drug-likeness (QED) is 0.342. The van der Waals surface area contributed by atoms with Crippen LogP contribution in [-0.2, 0) is 6.54 Å². The minimum Gasteiger partial charge on any atom is -0.378 e. The number of halogens is 1. The van der Waals surface area contributed by atoms with Gasteiger partial charge in [0.25, 0.3) is 0 Å². The van der Waals surface area contributed by atoms with Crippen LogP contribution in [0.2, 0.25) is 0 Å². The lowest BCUT2D eigenvalue weighted by molar-refractivity contribution is 0.530. The second-order valence-electron chi connectivity index (χ2n) is 6.10. The normalized spacial score (nSPS) is 16.5. The third-order valence-corrected chi connectivity index (χ3v) is 4.09. The third kappa shape index (κ3) is 6.42. The minimum atomic E-state index is 0. The fourth-order valence-corrected chi connectivity index (χ4v) is 2.75. The molecule has 1 saturated carbocycles. The second-order valence-corrected chi connectivity index (χ2v) is 6.10. The summed E-state index contributed by atoms with van der Waals surface area (Å²) in [6, 6.07) is 8.95. The van der Waals surface area contributed by atoms with E-state index in [0.717, 1.165) is 0 Å². The van der Waals surface area contributed by atoms with Crippen LogP contribution in [0.4, 0.5) is 5.69 Å². The van der Waals surface area contributed by atoms with Gasteiger partial charge in [-0.1, -0.05) is 37.8 Å². The number of nitrogens with one attached hydrogen (secondary N) is 1. The first kappa shape index (κ1) is 19.1. The summed E-state index contributed by atoms with van der Waals surface area (Å²) in [5.74, 6) is 0.582. The molecule has 1 aliphatic rings. The molecule has 0 aromatic heterocycles. The fraction of sp³-hybridized carbons (Fsp3) is 0.588. The van der Waals surface area contributed by atoms with Gasteiger partial charge in [-0.2, -0.15) is 0 Å². The number of hydrogen-bond acceptors (Lipinski definition) is 2. The van der Waals surface area contributed by atoms with E-state index in [2.05, 4.69) is 39.5 Å². The highest BCUT2D eigenvalue weighted by atomic mass is 127. The molecule has 0 saturated heterocycles. The molecule has 1 fully saturated rings. The van der Waals surface area contributed by atoms with Crippen molar-refractivity contribution in [3.05, 3.63) is 29.8 Å².